The lowest BCUT2D eigenvalue weighted by Gasteiger charge is -2.09. The molecule has 0 aromatic heterocycles. The van der Waals surface area contributed by atoms with Crippen LogP contribution in [0.4, 0.5) is 5.69 Å². The van der Waals surface area contributed by atoms with Gasteiger partial charge in [0.05, 0.1) is 12.8 Å². The largest absolute Gasteiger partial charge is 0.495 e. The third kappa shape index (κ3) is 2.50. The van der Waals surface area contributed by atoms with Gasteiger partial charge in [-0.15, -0.1) is 0 Å². The molecule has 0 heterocycles. The van der Waals surface area contributed by atoms with E-state index in [4.69, 9.17) is 4.74 Å². The van der Waals surface area contributed by atoms with Crippen molar-refractivity contribution in [3.63, 3.8) is 0 Å². The van der Waals surface area contributed by atoms with Gasteiger partial charge in [0.25, 0.3) is 0 Å². The van der Waals surface area contributed by atoms with Crippen LogP contribution >= 0.6 is 15.9 Å². The third-order valence-electron chi connectivity index (χ3n) is 2.37. The molecule has 0 spiro atoms. The molecule has 1 aliphatic rings. The average Bonchev–Trinajstić information content (AvgIpc) is 3.04. The zero-order valence-corrected chi connectivity index (χ0v) is 10.0. The molecule has 2 rings (SSSR count). The third-order valence-corrected chi connectivity index (χ3v) is 2.86. The molecule has 3 nitrogen and oxygen atoms in total. The van der Waals surface area contributed by atoms with Crippen LogP contribution in [0.1, 0.15) is 12.8 Å². The average molecular weight is 270 g/mol. The number of halogens is 1. The molecule has 1 aromatic carbocycles. The Labute approximate surface area is 96.9 Å². The second-order valence-electron chi connectivity index (χ2n) is 3.61. The van der Waals surface area contributed by atoms with Crippen LogP contribution in [0.5, 0.6) is 5.75 Å². The van der Waals surface area contributed by atoms with Gasteiger partial charge in [0.15, 0.2) is 0 Å². The minimum atomic E-state index is 0.0932. The SMILES string of the molecule is COc1cc(Br)ccc1NC(=O)C1CC1. The van der Waals surface area contributed by atoms with Crippen molar-refractivity contribution in [1.29, 1.82) is 0 Å². The Morgan fingerprint density at radius 2 is 2.27 bits per heavy atom. The molecular weight excluding hydrogens is 258 g/mol. The van der Waals surface area contributed by atoms with Gasteiger partial charge in [-0.05, 0) is 31.0 Å². The van der Waals surface area contributed by atoms with E-state index in [1.807, 2.05) is 18.2 Å². The highest BCUT2D eigenvalue weighted by Crippen LogP contribution is 2.33. The van der Waals surface area contributed by atoms with Gasteiger partial charge in [-0.1, -0.05) is 15.9 Å². The van der Waals surface area contributed by atoms with E-state index in [0.29, 0.717) is 5.75 Å². The normalized spacial score (nSPS) is 14.8. The Balaban J connectivity index is 2.15. The summed E-state index contributed by atoms with van der Waals surface area (Å²) in [5.74, 6) is 0.979. The Hall–Kier alpha value is -1.03. The van der Waals surface area contributed by atoms with Gasteiger partial charge in [0.1, 0.15) is 5.75 Å². The molecule has 1 saturated carbocycles. The maximum absolute atomic E-state index is 11.5. The van der Waals surface area contributed by atoms with Crippen molar-refractivity contribution >= 4 is 27.5 Å². The second kappa shape index (κ2) is 4.23. The molecule has 1 aromatic rings. The van der Waals surface area contributed by atoms with Gasteiger partial charge in [-0.2, -0.15) is 0 Å². The molecule has 0 unspecified atom stereocenters. The molecule has 1 aliphatic carbocycles. The van der Waals surface area contributed by atoms with Crippen molar-refractivity contribution in [2.45, 2.75) is 12.8 Å². The highest BCUT2D eigenvalue weighted by molar-refractivity contribution is 9.10. The maximum atomic E-state index is 11.5. The smallest absolute Gasteiger partial charge is 0.227 e. The van der Waals surface area contributed by atoms with Crippen molar-refractivity contribution in [2.75, 3.05) is 12.4 Å². The quantitative estimate of drug-likeness (QED) is 0.917. The van der Waals surface area contributed by atoms with Gasteiger partial charge in [0.2, 0.25) is 5.91 Å². The first-order chi connectivity index (χ1) is 7.20. The lowest BCUT2D eigenvalue weighted by molar-refractivity contribution is -0.117. The molecule has 0 aliphatic heterocycles. The van der Waals surface area contributed by atoms with E-state index < -0.39 is 0 Å². The summed E-state index contributed by atoms with van der Waals surface area (Å²) in [5, 5.41) is 2.87. The molecule has 0 atom stereocenters. The molecule has 0 radical (unpaired) electrons. The van der Waals surface area contributed by atoms with Crippen LogP contribution in [0.25, 0.3) is 0 Å². The fourth-order valence-corrected chi connectivity index (χ4v) is 1.69. The molecule has 0 bridgehead atoms. The van der Waals surface area contributed by atoms with E-state index in [-0.39, 0.29) is 11.8 Å². The van der Waals surface area contributed by atoms with Crippen LogP contribution in [0, 0.1) is 5.92 Å². The summed E-state index contributed by atoms with van der Waals surface area (Å²) in [4.78, 5) is 11.5. The minimum Gasteiger partial charge on any atom is -0.495 e. The van der Waals surface area contributed by atoms with Crippen LogP contribution in [-0.4, -0.2) is 13.0 Å². The number of nitrogens with one attached hydrogen (secondary N) is 1. The molecule has 1 amide bonds. The number of rotatable bonds is 3. The number of benzene rings is 1. The van der Waals surface area contributed by atoms with Crippen molar-refractivity contribution in [1.82, 2.24) is 0 Å². The van der Waals surface area contributed by atoms with Crippen LogP contribution in [0.15, 0.2) is 22.7 Å². The summed E-state index contributed by atoms with van der Waals surface area (Å²) in [5.41, 5.74) is 0.734. The summed E-state index contributed by atoms with van der Waals surface area (Å²) in [6.07, 6.45) is 2.01. The Morgan fingerprint density at radius 3 is 2.87 bits per heavy atom. The lowest BCUT2D eigenvalue weighted by atomic mass is 10.2. The number of ether oxygens (including phenoxy) is 1. The monoisotopic (exact) mass is 269 g/mol. The highest BCUT2D eigenvalue weighted by atomic mass is 79.9. The van der Waals surface area contributed by atoms with Crippen LogP contribution in [0.2, 0.25) is 0 Å². The Kier molecular flexibility index (Phi) is 2.95. The van der Waals surface area contributed by atoms with E-state index >= 15 is 0 Å². The van der Waals surface area contributed by atoms with Gasteiger partial charge < -0.3 is 10.1 Å². The number of amides is 1. The standard InChI is InChI=1S/C11H12BrNO2/c1-15-10-6-8(12)4-5-9(10)13-11(14)7-2-3-7/h4-7H,2-3H2,1H3,(H,13,14). The Morgan fingerprint density at radius 1 is 1.53 bits per heavy atom. The molecule has 4 heteroatoms. The maximum Gasteiger partial charge on any atom is 0.227 e. The summed E-state index contributed by atoms with van der Waals surface area (Å²) >= 11 is 3.35. The predicted octanol–water partition coefficient (Wildman–Crippen LogP) is 2.81. The van der Waals surface area contributed by atoms with Gasteiger partial charge in [-0.25, -0.2) is 0 Å². The highest BCUT2D eigenvalue weighted by Gasteiger charge is 2.29. The summed E-state index contributed by atoms with van der Waals surface area (Å²) in [6, 6.07) is 5.55. The van der Waals surface area contributed by atoms with Crippen LogP contribution in [-0.2, 0) is 4.79 Å². The minimum absolute atomic E-state index is 0.0932. The van der Waals surface area contributed by atoms with Crippen molar-refractivity contribution < 1.29 is 9.53 Å². The van der Waals surface area contributed by atoms with E-state index in [9.17, 15) is 4.79 Å². The topological polar surface area (TPSA) is 38.3 Å². The number of carbonyl (C=O) groups is 1. The van der Waals surface area contributed by atoms with Crippen molar-refractivity contribution in [2.24, 2.45) is 5.92 Å². The molecular formula is C11H12BrNO2. The summed E-state index contributed by atoms with van der Waals surface area (Å²) in [7, 11) is 1.59. The van der Waals surface area contributed by atoms with Crippen molar-refractivity contribution in [3.8, 4) is 5.75 Å². The summed E-state index contributed by atoms with van der Waals surface area (Å²) in [6.45, 7) is 0. The van der Waals surface area contributed by atoms with E-state index in [2.05, 4.69) is 21.2 Å². The van der Waals surface area contributed by atoms with Crippen LogP contribution < -0.4 is 10.1 Å². The zero-order valence-electron chi connectivity index (χ0n) is 8.42. The lowest BCUT2D eigenvalue weighted by Crippen LogP contribution is -2.13. The predicted molar refractivity (Wildman–Crippen MR) is 62.0 cm³/mol. The number of carbonyl (C=O) groups excluding carboxylic acids is 1. The number of hydrogen-bond donors (Lipinski definition) is 1. The molecule has 1 N–H and O–H groups in total. The number of methoxy groups -OCH3 is 1. The van der Waals surface area contributed by atoms with Gasteiger partial charge >= 0.3 is 0 Å². The van der Waals surface area contributed by atoms with Crippen LogP contribution in [0.3, 0.4) is 0 Å². The first-order valence-electron chi connectivity index (χ1n) is 4.85. The van der Waals surface area contributed by atoms with Gasteiger partial charge in [0, 0.05) is 10.4 Å². The molecule has 0 saturated heterocycles. The van der Waals surface area contributed by atoms with Crippen molar-refractivity contribution in [3.05, 3.63) is 22.7 Å². The fraction of sp³-hybridized carbons (Fsp3) is 0.364. The van der Waals surface area contributed by atoms with E-state index in [0.717, 1.165) is 23.0 Å². The van der Waals surface area contributed by atoms with E-state index in [1.54, 1.807) is 7.11 Å². The first-order valence-corrected chi connectivity index (χ1v) is 5.64. The zero-order chi connectivity index (χ0) is 10.8. The second-order valence-corrected chi connectivity index (χ2v) is 4.52. The number of anilines is 1. The molecule has 80 valence electrons. The fourth-order valence-electron chi connectivity index (χ4n) is 1.35. The molecule has 15 heavy (non-hydrogen) atoms. The number of hydrogen-bond acceptors (Lipinski definition) is 2. The van der Waals surface area contributed by atoms with E-state index in [1.165, 1.54) is 0 Å². The first kappa shape index (κ1) is 10.5. The molecule has 1 fully saturated rings. The Bertz CT molecular complexity index is 388. The van der Waals surface area contributed by atoms with Gasteiger partial charge in [-0.3, -0.25) is 4.79 Å². The summed E-state index contributed by atoms with van der Waals surface area (Å²) < 4.78 is 6.12.